The molecule has 2 N–H and O–H groups in total. The van der Waals surface area contributed by atoms with Gasteiger partial charge in [-0.1, -0.05) is 12.1 Å². The molecule has 4 heteroatoms. The van der Waals surface area contributed by atoms with Gasteiger partial charge >= 0.3 is 7.12 Å². The van der Waals surface area contributed by atoms with Gasteiger partial charge in [-0.05, 0) is 31.4 Å². The van der Waals surface area contributed by atoms with Crippen molar-refractivity contribution >= 4 is 18.3 Å². The summed E-state index contributed by atoms with van der Waals surface area (Å²) in [6.07, 6.45) is 0. The molecule has 0 unspecified atom stereocenters. The molecule has 0 aliphatic rings. The molecule has 1 rings (SSSR count). The average molecular weight is 193 g/mol. The third kappa shape index (κ3) is 2.50. The second-order valence-electron chi connectivity index (χ2n) is 3.14. The van der Waals surface area contributed by atoms with Crippen molar-refractivity contribution in [3.8, 4) is 0 Å². The average Bonchev–Trinajstić information content (AvgIpc) is 2.20. The maximum absolute atomic E-state index is 8.91. The third-order valence-corrected chi connectivity index (χ3v) is 2.32. The van der Waals surface area contributed by atoms with E-state index in [1.807, 2.05) is 12.1 Å². The van der Waals surface area contributed by atoms with Gasteiger partial charge in [-0.15, -0.1) is 0 Å². The molecule has 14 heavy (non-hydrogen) atoms. The Morgan fingerprint density at radius 2 is 1.57 bits per heavy atom. The van der Waals surface area contributed by atoms with Gasteiger partial charge in [0, 0.05) is 18.8 Å². The van der Waals surface area contributed by atoms with Crippen LogP contribution >= 0.6 is 0 Å². The van der Waals surface area contributed by atoms with Gasteiger partial charge in [0.2, 0.25) is 0 Å². The van der Waals surface area contributed by atoms with Gasteiger partial charge < -0.3 is 14.9 Å². The molecule has 3 nitrogen and oxygen atoms in total. The third-order valence-electron chi connectivity index (χ3n) is 2.32. The van der Waals surface area contributed by atoms with Crippen molar-refractivity contribution in [1.29, 1.82) is 0 Å². The van der Waals surface area contributed by atoms with E-state index >= 15 is 0 Å². The van der Waals surface area contributed by atoms with Crippen LogP contribution in [0, 0.1) is 0 Å². The lowest BCUT2D eigenvalue weighted by molar-refractivity contribution is 0.426. The smallest absolute Gasteiger partial charge is 0.423 e. The Kier molecular flexibility index (Phi) is 3.98. The summed E-state index contributed by atoms with van der Waals surface area (Å²) in [5.41, 5.74) is 1.64. The van der Waals surface area contributed by atoms with E-state index < -0.39 is 7.12 Å². The molecular weight excluding hydrogens is 177 g/mol. The molecule has 0 radical (unpaired) electrons. The Morgan fingerprint density at radius 1 is 1.07 bits per heavy atom. The van der Waals surface area contributed by atoms with Crippen LogP contribution in [0.4, 0.5) is 5.69 Å². The fourth-order valence-corrected chi connectivity index (χ4v) is 1.45. The second-order valence-corrected chi connectivity index (χ2v) is 3.14. The molecule has 0 aliphatic heterocycles. The fourth-order valence-electron chi connectivity index (χ4n) is 1.45. The molecule has 0 heterocycles. The van der Waals surface area contributed by atoms with Crippen LogP contribution in [0.5, 0.6) is 0 Å². The maximum atomic E-state index is 8.91. The summed E-state index contributed by atoms with van der Waals surface area (Å²) in [4.78, 5) is 2.20. The van der Waals surface area contributed by atoms with E-state index in [0.717, 1.165) is 18.8 Å². The molecular formula is C10H16BNO2. The summed E-state index contributed by atoms with van der Waals surface area (Å²) in [6, 6.07) is 7.28. The van der Waals surface area contributed by atoms with Crippen LogP contribution in [0.15, 0.2) is 24.3 Å². The molecule has 0 atom stereocenters. The van der Waals surface area contributed by atoms with E-state index in [-0.39, 0.29) is 0 Å². The van der Waals surface area contributed by atoms with Crippen LogP contribution in [0.2, 0.25) is 0 Å². The molecule has 0 saturated carbocycles. The summed E-state index contributed by atoms with van der Waals surface area (Å²) in [5, 5.41) is 17.8. The zero-order valence-corrected chi connectivity index (χ0v) is 8.64. The number of anilines is 1. The highest BCUT2D eigenvalue weighted by molar-refractivity contribution is 6.58. The molecule has 76 valence electrons. The molecule has 0 aromatic heterocycles. The molecule has 0 bridgehead atoms. The molecule has 0 saturated heterocycles. The van der Waals surface area contributed by atoms with Crippen LogP contribution in [0.1, 0.15) is 13.8 Å². The zero-order chi connectivity index (χ0) is 10.6. The summed E-state index contributed by atoms with van der Waals surface area (Å²) >= 11 is 0. The predicted octanol–water partition coefficient (Wildman–Crippen LogP) is 0.213. The van der Waals surface area contributed by atoms with Gasteiger partial charge in [-0.3, -0.25) is 0 Å². The van der Waals surface area contributed by atoms with Gasteiger partial charge in [0.25, 0.3) is 0 Å². The quantitative estimate of drug-likeness (QED) is 0.672. The van der Waals surface area contributed by atoms with Gasteiger partial charge in [-0.2, -0.15) is 0 Å². The monoisotopic (exact) mass is 193 g/mol. The maximum Gasteiger partial charge on any atom is 0.488 e. The molecule has 0 spiro atoms. The van der Waals surface area contributed by atoms with Crippen molar-refractivity contribution in [3.63, 3.8) is 0 Å². The second kappa shape index (κ2) is 5.03. The number of hydrogen-bond donors (Lipinski definition) is 2. The van der Waals surface area contributed by atoms with E-state index in [4.69, 9.17) is 10.0 Å². The summed E-state index contributed by atoms with van der Waals surface area (Å²) in [6.45, 7) is 6.10. The molecule has 0 fully saturated rings. The van der Waals surface area contributed by atoms with Gasteiger partial charge in [0.15, 0.2) is 0 Å². The van der Waals surface area contributed by atoms with Crippen molar-refractivity contribution in [2.45, 2.75) is 13.8 Å². The first-order chi connectivity index (χ1) is 6.69. The van der Waals surface area contributed by atoms with Gasteiger partial charge in [0.1, 0.15) is 0 Å². The largest absolute Gasteiger partial charge is 0.488 e. The SMILES string of the molecule is CCN(CC)c1ccc(B(O)O)cc1. The van der Waals surface area contributed by atoms with Crippen LogP contribution in [0.3, 0.4) is 0 Å². The van der Waals surface area contributed by atoms with Crippen LogP contribution in [-0.4, -0.2) is 30.3 Å². The van der Waals surface area contributed by atoms with E-state index in [1.165, 1.54) is 0 Å². The van der Waals surface area contributed by atoms with Gasteiger partial charge in [0.05, 0.1) is 0 Å². The standard InChI is InChI=1S/C10H16BNO2/c1-3-12(4-2)10-7-5-9(6-8-10)11(13)14/h5-8,13-14H,3-4H2,1-2H3. The highest BCUT2D eigenvalue weighted by Gasteiger charge is 2.10. The van der Waals surface area contributed by atoms with Crippen molar-refractivity contribution in [3.05, 3.63) is 24.3 Å². The first-order valence-corrected chi connectivity index (χ1v) is 4.90. The summed E-state index contributed by atoms with van der Waals surface area (Å²) in [5.74, 6) is 0. The van der Waals surface area contributed by atoms with Crippen molar-refractivity contribution < 1.29 is 10.0 Å². The first kappa shape index (κ1) is 11.1. The minimum atomic E-state index is -1.37. The van der Waals surface area contributed by atoms with E-state index in [9.17, 15) is 0 Å². The number of hydrogen-bond acceptors (Lipinski definition) is 3. The Morgan fingerprint density at radius 3 is 1.93 bits per heavy atom. The molecule has 1 aromatic carbocycles. The highest BCUT2D eigenvalue weighted by atomic mass is 16.4. The summed E-state index contributed by atoms with van der Waals surface area (Å²) in [7, 11) is -1.37. The summed E-state index contributed by atoms with van der Waals surface area (Å²) < 4.78 is 0. The van der Waals surface area contributed by atoms with E-state index in [1.54, 1.807) is 12.1 Å². The van der Waals surface area contributed by atoms with E-state index in [0.29, 0.717) is 5.46 Å². The topological polar surface area (TPSA) is 43.7 Å². The van der Waals surface area contributed by atoms with Crippen LogP contribution in [0.25, 0.3) is 0 Å². The Labute approximate surface area is 85.1 Å². The Balaban J connectivity index is 2.81. The minimum Gasteiger partial charge on any atom is -0.423 e. The van der Waals surface area contributed by atoms with Gasteiger partial charge in [-0.25, -0.2) is 0 Å². The number of rotatable bonds is 4. The lowest BCUT2D eigenvalue weighted by Gasteiger charge is -2.21. The Bertz CT molecular complexity index is 270. The molecule has 0 amide bonds. The first-order valence-electron chi connectivity index (χ1n) is 4.90. The number of benzene rings is 1. The molecule has 0 aliphatic carbocycles. The van der Waals surface area contributed by atoms with Crippen molar-refractivity contribution in [2.75, 3.05) is 18.0 Å². The fraction of sp³-hybridized carbons (Fsp3) is 0.400. The van der Waals surface area contributed by atoms with Crippen molar-refractivity contribution in [2.24, 2.45) is 0 Å². The predicted molar refractivity (Wildman–Crippen MR) is 59.8 cm³/mol. The minimum absolute atomic E-state index is 0.529. The van der Waals surface area contributed by atoms with Crippen molar-refractivity contribution in [1.82, 2.24) is 0 Å². The Hall–Kier alpha value is -0.995. The lowest BCUT2D eigenvalue weighted by Crippen LogP contribution is -2.30. The normalized spacial score (nSPS) is 10.0. The lowest BCUT2D eigenvalue weighted by atomic mass is 9.80. The molecule has 1 aromatic rings. The van der Waals surface area contributed by atoms with E-state index in [2.05, 4.69) is 18.7 Å². The number of nitrogens with zero attached hydrogens (tertiary/aromatic N) is 1. The van der Waals surface area contributed by atoms with Crippen LogP contribution in [-0.2, 0) is 0 Å². The highest BCUT2D eigenvalue weighted by Crippen LogP contribution is 2.11. The van der Waals surface area contributed by atoms with Crippen LogP contribution < -0.4 is 10.4 Å². The zero-order valence-electron chi connectivity index (χ0n) is 8.64.